The predicted octanol–water partition coefficient (Wildman–Crippen LogP) is 1.99. The molecule has 1 aromatic carbocycles. The summed E-state index contributed by atoms with van der Waals surface area (Å²) in [7, 11) is 0. The Morgan fingerprint density at radius 2 is 2.25 bits per heavy atom. The molecule has 0 aliphatic carbocycles. The number of carbonyl (C=O) groups is 1. The van der Waals surface area contributed by atoms with Gasteiger partial charge in [-0.1, -0.05) is 31.3 Å². The van der Waals surface area contributed by atoms with Crippen LogP contribution in [-0.2, 0) is 4.79 Å². The van der Waals surface area contributed by atoms with Gasteiger partial charge < -0.3 is 11.1 Å². The largest absolute Gasteiger partial charge is 0.389 e. The van der Waals surface area contributed by atoms with Crippen molar-refractivity contribution in [1.29, 1.82) is 0 Å². The van der Waals surface area contributed by atoms with Crippen molar-refractivity contribution in [3.63, 3.8) is 0 Å². The van der Waals surface area contributed by atoms with Gasteiger partial charge in [-0.25, -0.2) is 0 Å². The van der Waals surface area contributed by atoms with Gasteiger partial charge in [0.1, 0.15) is 4.99 Å². The lowest BCUT2D eigenvalue weighted by Gasteiger charge is -2.20. The molecule has 1 aliphatic rings. The zero-order valence-electron chi connectivity index (χ0n) is 11.9. The maximum Gasteiger partial charge on any atom is 0.238 e. The SMILES string of the molecule is CC1CC(C)N(CC(=O)Nc2cccc(C(N)=S)c2)C1. The Morgan fingerprint density at radius 3 is 2.85 bits per heavy atom. The van der Waals surface area contributed by atoms with Crippen LogP contribution >= 0.6 is 12.2 Å². The van der Waals surface area contributed by atoms with E-state index < -0.39 is 0 Å². The van der Waals surface area contributed by atoms with Crippen LogP contribution < -0.4 is 11.1 Å². The fourth-order valence-electron chi connectivity index (χ4n) is 2.74. The summed E-state index contributed by atoms with van der Waals surface area (Å²) in [5.74, 6) is 0.668. The molecule has 20 heavy (non-hydrogen) atoms. The van der Waals surface area contributed by atoms with Crippen molar-refractivity contribution in [2.24, 2.45) is 11.7 Å². The predicted molar refractivity (Wildman–Crippen MR) is 85.8 cm³/mol. The molecule has 3 N–H and O–H groups in total. The molecule has 0 spiro atoms. The molecule has 5 heteroatoms. The second-order valence-corrected chi connectivity index (χ2v) is 6.05. The quantitative estimate of drug-likeness (QED) is 0.833. The van der Waals surface area contributed by atoms with Gasteiger partial charge in [0.15, 0.2) is 0 Å². The highest BCUT2D eigenvalue weighted by atomic mass is 32.1. The molecular formula is C15H21N3OS. The lowest BCUT2D eigenvalue weighted by atomic mass is 10.1. The fraction of sp³-hybridized carbons (Fsp3) is 0.467. The van der Waals surface area contributed by atoms with Crippen LogP contribution in [0.4, 0.5) is 5.69 Å². The van der Waals surface area contributed by atoms with Gasteiger partial charge in [0.25, 0.3) is 0 Å². The smallest absolute Gasteiger partial charge is 0.238 e. The highest BCUT2D eigenvalue weighted by Crippen LogP contribution is 2.21. The molecule has 2 atom stereocenters. The zero-order chi connectivity index (χ0) is 14.7. The number of rotatable bonds is 4. The number of likely N-dealkylation sites (tertiary alicyclic amines) is 1. The number of nitrogens with two attached hydrogens (primary N) is 1. The van der Waals surface area contributed by atoms with Gasteiger partial charge in [-0.15, -0.1) is 0 Å². The number of hydrogen-bond acceptors (Lipinski definition) is 3. The molecule has 0 saturated carbocycles. The van der Waals surface area contributed by atoms with Gasteiger partial charge in [-0.3, -0.25) is 9.69 Å². The molecule has 2 rings (SSSR count). The first-order chi connectivity index (χ1) is 9.45. The van der Waals surface area contributed by atoms with E-state index in [1.54, 1.807) is 6.07 Å². The molecule has 2 unspecified atom stereocenters. The molecule has 1 heterocycles. The molecule has 0 aromatic heterocycles. The summed E-state index contributed by atoms with van der Waals surface area (Å²) in [4.78, 5) is 14.6. The number of hydrogen-bond donors (Lipinski definition) is 2. The maximum absolute atomic E-state index is 12.1. The van der Waals surface area contributed by atoms with E-state index in [0.29, 0.717) is 23.5 Å². The van der Waals surface area contributed by atoms with Crippen molar-refractivity contribution in [2.75, 3.05) is 18.4 Å². The summed E-state index contributed by atoms with van der Waals surface area (Å²) in [6, 6.07) is 7.79. The van der Waals surface area contributed by atoms with E-state index >= 15 is 0 Å². The highest BCUT2D eigenvalue weighted by Gasteiger charge is 2.27. The van der Waals surface area contributed by atoms with Gasteiger partial charge in [0.2, 0.25) is 5.91 Å². The van der Waals surface area contributed by atoms with Crippen molar-refractivity contribution < 1.29 is 4.79 Å². The van der Waals surface area contributed by atoms with Crippen molar-refractivity contribution in [3.05, 3.63) is 29.8 Å². The Balaban J connectivity index is 1.94. The molecule has 0 bridgehead atoms. The molecule has 0 radical (unpaired) electrons. The van der Waals surface area contributed by atoms with E-state index in [-0.39, 0.29) is 5.91 Å². The third-order valence-corrected chi connectivity index (χ3v) is 3.93. The van der Waals surface area contributed by atoms with Crippen molar-refractivity contribution >= 4 is 28.8 Å². The number of anilines is 1. The topological polar surface area (TPSA) is 58.4 Å². The third kappa shape index (κ3) is 3.77. The molecule has 1 aromatic rings. The van der Waals surface area contributed by atoms with Gasteiger partial charge in [-0.2, -0.15) is 0 Å². The van der Waals surface area contributed by atoms with Gasteiger partial charge in [0.05, 0.1) is 6.54 Å². The average molecular weight is 291 g/mol. The minimum atomic E-state index is 0.00559. The Morgan fingerprint density at radius 1 is 1.50 bits per heavy atom. The fourth-order valence-corrected chi connectivity index (χ4v) is 2.87. The van der Waals surface area contributed by atoms with E-state index in [1.165, 1.54) is 0 Å². The molecule has 108 valence electrons. The van der Waals surface area contributed by atoms with Crippen molar-refractivity contribution in [3.8, 4) is 0 Å². The van der Waals surface area contributed by atoms with E-state index in [1.807, 2.05) is 18.2 Å². The first kappa shape index (κ1) is 14.9. The molecule has 1 saturated heterocycles. The summed E-state index contributed by atoms with van der Waals surface area (Å²) in [6.07, 6.45) is 1.16. The van der Waals surface area contributed by atoms with Crippen LogP contribution in [0, 0.1) is 5.92 Å². The number of nitrogens with zero attached hydrogens (tertiary/aromatic N) is 1. The summed E-state index contributed by atoms with van der Waals surface area (Å²) < 4.78 is 0. The Kier molecular flexibility index (Phi) is 4.73. The normalized spacial score (nSPS) is 22.7. The lowest BCUT2D eigenvalue weighted by Crippen LogP contribution is -2.35. The Hall–Kier alpha value is -1.46. The summed E-state index contributed by atoms with van der Waals surface area (Å²) in [5.41, 5.74) is 7.09. The Bertz CT molecular complexity index is 518. The van der Waals surface area contributed by atoms with E-state index in [2.05, 4.69) is 24.1 Å². The van der Waals surface area contributed by atoms with Crippen LogP contribution in [-0.4, -0.2) is 34.9 Å². The maximum atomic E-state index is 12.1. The van der Waals surface area contributed by atoms with Crippen LogP contribution in [0.5, 0.6) is 0 Å². The number of benzene rings is 1. The number of carbonyl (C=O) groups excluding carboxylic acids is 1. The van der Waals surface area contributed by atoms with E-state index in [9.17, 15) is 4.79 Å². The number of amides is 1. The summed E-state index contributed by atoms with van der Waals surface area (Å²) in [5, 5.41) is 2.90. The highest BCUT2D eigenvalue weighted by molar-refractivity contribution is 7.80. The second-order valence-electron chi connectivity index (χ2n) is 5.61. The second kappa shape index (κ2) is 6.33. The van der Waals surface area contributed by atoms with Crippen LogP contribution in [0.3, 0.4) is 0 Å². The average Bonchev–Trinajstić information content (AvgIpc) is 2.67. The zero-order valence-corrected chi connectivity index (χ0v) is 12.7. The molecular weight excluding hydrogens is 270 g/mol. The summed E-state index contributed by atoms with van der Waals surface area (Å²) >= 11 is 4.94. The lowest BCUT2D eigenvalue weighted by molar-refractivity contribution is -0.117. The van der Waals surface area contributed by atoms with Gasteiger partial charge in [0, 0.05) is 23.8 Å². The number of thiocarbonyl (C=S) groups is 1. The molecule has 4 nitrogen and oxygen atoms in total. The molecule has 1 aliphatic heterocycles. The van der Waals surface area contributed by atoms with Gasteiger partial charge in [-0.05, 0) is 31.4 Å². The minimum absolute atomic E-state index is 0.00559. The minimum Gasteiger partial charge on any atom is -0.389 e. The molecule has 1 fully saturated rings. The summed E-state index contributed by atoms with van der Waals surface area (Å²) in [6.45, 7) is 5.81. The van der Waals surface area contributed by atoms with Crippen LogP contribution in [0.2, 0.25) is 0 Å². The van der Waals surface area contributed by atoms with Crippen LogP contribution in [0.25, 0.3) is 0 Å². The first-order valence-corrected chi connectivity index (χ1v) is 7.30. The standard InChI is InChI=1S/C15H21N3OS/c1-10-6-11(2)18(8-10)9-14(19)17-13-5-3-4-12(7-13)15(16)20/h3-5,7,10-11H,6,8-9H2,1-2H3,(H2,16,20)(H,17,19). The first-order valence-electron chi connectivity index (χ1n) is 6.89. The monoisotopic (exact) mass is 291 g/mol. The number of nitrogens with one attached hydrogen (secondary N) is 1. The van der Waals surface area contributed by atoms with Crippen LogP contribution in [0.15, 0.2) is 24.3 Å². The van der Waals surface area contributed by atoms with Crippen LogP contribution in [0.1, 0.15) is 25.8 Å². The van der Waals surface area contributed by atoms with E-state index in [4.69, 9.17) is 18.0 Å². The molecule has 1 amide bonds. The Labute approximate surface area is 125 Å². The third-order valence-electron chi connectivity index (χ3n) is 3.69. The van der Waals surface area contributed by atoms with Crippen molar-refractivity contribution in [2.45, 2.75) is 26.3 Å². The van der Waals surface area contributed by atoms with Crippen molar-refractivity contribution in [1.82, 2.24) is 4.90 Å². The van der Waals surface area contributed by atoms with Gasteiger partial charge >= 0.3 is 0 Å². The van der Waals surface area contributed by atoms with E-state index in [0.717, 1.165) is 24.2 Å².